The molecule has 0 unspecified atom stereocenters. The first kappa shape index (κ1) is 10.3. The molecule has 0 aliphatic carbocycles. The number of benzene rings is 1. The van der Waals surface area contributed by atoms with Gasteiger partial charge in [0.25, 0.3) is 0 Å². The van der Waals surface area contributed by atoms with Crippen LogP contribution in [0.25, 0.3) is 0 Å². The third kappa shape index (κ3) is 2.87. The molecule has 0 saturated heterocycles. The Morgan fingerprint density at radius 2 is 2.23 bits per heavy atom. The Labute approximate surface area is 90.6 Å². The Balaban J connectivity index is 2.83. The standard InChI is InChI=1S/C9H10INO2/c1-6-5-7(10)3-4-8(6)11-9(12)13-2/h3-5H,1-2H3,(H,11,12). The topological polar surface area (TPSA) is 38.3 Å². The minimum Gasteiger partial charge on any atom is -0.453 e. The smallest absolute Gasteiger partial charge is 0.411 e. The maximum atomic E-state index is 10.9. The van der Waals surface area contributed by atoms with E-state index in [9.17, 15) is 4.79 Å². The number of aryl methyl sites for hydroxylation is 1. The Morgan fingerprint density at radius 1 is 1.54 bits per heavy atom. The predicted octanol–water partition coefficient (Wildman–Crippen LogP) is 2.78. The van der Waals surface area contributed by atoms with Gasteiger partial charge in [-0.25, -0.2) is 4.79 Å². The predicted molar refractivity (Wildman–Crippen MR) is 59.9 cm³/mol. The lowest BCUT2D eigenvalue weighted by Gasteiger charge is -2.06. The van der Waals surface area contributed by atoms with Gasteiger partial charge in [-0.3, -0.25) is 5.32 Å². The van der Waals surface area contributed by atoms with Crippen LogP contribution < -0.4 is 5.32 Å². The summed E-state index contributed by atoms with van der Waals surface area (Å²) < 4.78 is 5.63. The highest BCUT2D eigenvalue weighted by Crippen LogP contribution is 2.17. The van der Waals surface area contributed by atoms with Crippen LogP contribution in [0.4, 0.5) is 10.5 Å². The minimum atomic E-state index is -0.440. The van der Waals surface area contributed by atoms with E-state index in [-0.39, 0.29) is 0 Å². The first-order chi connectivity index (χ1) is 6.13. The number of nitrogens with one attached hydrogen (secondary N) is 1. The Bertz CT molecular complexity index is 325. The molecule has 4 heteroatoms. The lowest BCUT2D eigenvalue weighted by atomic mass is 10.2. The van der Waals surface area contributed by atoms with Crippen molar-refractivity contribution in [1.29, 1.82) is 0 Å². The van der Waals surface area contributed by atoms with E-state index < -0.39 is 6.09 Å². The van der Waals surface area contributed by atoms with Crippen molar-refractivity contribution < 1.29 is 9.53 Å². The van der Waals surface area contributed by atoms with Gasteiger partial charge in [-0.15, -0.1) is 0 Å². The van der Waals surface area contributed by atoms with E-state index in [2.05, 4.69) is 32.6 Å². The molecule has 13 heavy (non-hydrogen) atoms. The molecule has 0 spiro atoms. The van der Waals surface area contributed by atoms with Crippen molar-refractivity contribution in [2.75, 3.05) is 12.4 Å². The fourth-order valence-electron chi connectivity index (χ4n) is 0.928. The van der Waals surface area contributed by atoms with Crippen LogP contribution in [0.2, 0.25) is 0 Å². The lowest BCUT2D eigenvalue weighted by molar-refractivity contribution is 0.187. The van der Waals surface area contributed by atoms with Gasteiger partial charge in [-0.1, -0.05) is 0 Å². The summed E-state index contributed by atoms with van der Waals surface area (Å²) in [5.74, 6) is 0. The van der Waals surface area contributed by atoms with Crippen LogP contribution in [0.3, 0.4) is 0 Å². The molecule has 3 nitrogen and oxygen atoms in total. The van der Waals surface area contributed by atoms with Crippen molar-refractivity contribution in [2.24, 2.45) is 0 Å². The molecule has 0 saturated carbocycles. The van der Waals surface area contributed by atoms with Gasteiger partial charge in [0.1, 0.15) is 0 Å². The van der Waals surface area contributed by atoms with Crippen molar-refractivity contribution in [3.05, 3.63) is 27.3 Å². The molecule has 1 aromatic rings. The van der Waals surface area contributed by atoms with E-state index in [0.29, 0.717) is 0 Å². The van der Waals surface area contributed by atoms with Crippen LogP contribution >= 0.6 is 22.6 Å². The fourth-order valence-corrected chi connectivity index (χ4v) is 1.58. The van der Waals surface area contributed by atoms with Crippen molar-refractivity contribution in [3.63, 3.8) is 0 Å². The number of carbonyl (C=O) groups is 1. The minimum absolute atomic E-state index is 0.440. The van der Waals surface area contributed by atoms with Gasteiger partial charge in [0, 0.05) is 9.26 Å². The van der Waals surface area contributed by atoms with Gasteiger partial charge >= 0.3 is 6.09 Å². The fraction of sp³-hybridized carbons (Fsp3) is 0.222. The van der Waals surface area contributed by atoms with E-state index in [4.69, 9.17) is 0 Å². The molecule has 0 fully saturated rings. The highest BCUT2D eigenvalue weighted by atomic mass is 127. The second kappa shape index (κ2) is 4.45. The summed E-state index contributed by atoms with van der Waals surface area (Å²) in [7, 11) is 1.34. The van der Waals surface area contributed by atoms with Gasteiger partial charge in [0.2, 0.25) is 0 Å². The molecular formula is C9H10INO2. The van der Waals surface area contributed by atoms with Crippen LogP contribution in [0.15, 0.2) is 18.2 Å². The van der Waals surface area contributed by atoms with Crippen molar-refractivity contribution in [1.82, 2.24) is 0 Å². The molecular weight excluding hydrogens is 281 g/mol. The summed E-state index contributed by atoms with van der Waals surface area (Å²) in [6, 6.07) is 5.78. The molecule has 0 heterocycles. The first-order valence-electron chi connectivity index (χ1n) is 3.74. The van der Waals surface area contributed by atoms with Crippen LogP contribution in [-0.4, -0.2) is 13.2 Å². The average molecular weight is 291 g/mol. The van der Waals surface area contributed by atoms with E-state index in [1.165, 1.54) is 7.11 Å². The monoisotopic (exact) mass is 291 g/mol. The second-order valence-corrected chi connectivity index (χ2v) is 3.82. The Kier molecular flexibility index (Phi) is 3.53. The van der Waals surface area contributed by atoms with Crippen LogP contribution in [0.5, 0.6) is 0 Å². The molecule has 0 radical (unpaired) electrons. The average Bonchev–Trinajstić information content (AvgIpc) is 2.09. The van der Waals surface area contributed by atoms with E-state index >= 15 is 0 Å². The number of rotatable bonds is 1. The number of amides is 1. The highest BCUT2D eigenvalue weighted by Gasteiger charge is 2.03. The van der Waals surface area contributed by atoms with Gasteiger partial charge in [0.05, 0.1) is 7.11 Å². The molecule has 0 bridgehead atoms. The number of hydrogen-bond acceptors (Lipinski definition) is 2. The zero-order valence-corrected chi connectivity index (χ0v) is 9.58. The number of halogens is 1. The maximum absolute atomic E-state index is 10.9. The number of anilines is 1. The number of methoxy groups -OCH3 is 1. The molecule has 0 aliphatic rings. The van der Waals surface area contributed by atoms with Crippen molar-refractivity contribution in [2.45, 2.75) is 6.92 Å². The SMILES string of the molecule is COC(=O)Nc1ccc(I)cc1C. The first-order valence-corrected chi connectivity index (χ1v) is 4.82. The summed E-state index contributed by atoms with van der Waals surface area (Å²) in [5, 5.41) is 2.62. The largest absolute Gasteiger partial charge is 0.453 e. The summed E-state index contributed by atoms with van der Waals surface area (Å²) in [6.45, 7) is 1.94. The molecule has 0 atom stereocenters. The van der Waals surface area contributed by atoms with Gasteiger partial charge < -0.3 is 4.74 Å². The van der Waals surface area contributed by atoms with Crippen LogP contribution in [0, 0.1) is 10.5 Å². The molecule has 0 aromatic heterocycles. The normalized spacial score (nSPS) is 9.46. The number of carbonyl (C=O) groups excluding carboxylic acids is 1. The third-order valence-electron chi connectivity index (χ3n) is 1.61. The Morgan fingerprint density at radius 3 is 2.77 bits per heavy atom. The molecule has 1 aromatic carbocycles. The number of ether oxygens (including phenoxy) is 1. The molecule has 0 aliphatic heterocycles. The van der Waals surface area contributed by atoms with Gasteiger partial charge in [-0.2, -0.15) is 0 Å². The molecule has 1 amide bonds. The highest BCUT2D eigenvalue weighted by molar-refractivity contribution is 14.1. The van der Waals surface area contributed by atoms with Crippen molar-refractivity contribution in [3.8, 4) is 0 Å². The summed E-state index contributed by atoms with van der Waals surface area (Å²) >= 11 is 2.22. The quantitative estimate of drug-likeness (QED) is 0.808. The van der Waals surface area contributed by atoms with Crippen LogP contribution in [-0.2, 0) is 4.74 Å². The second-order valence-electron chi connectivity index (χ2n) is 2.58. The van der Waals surface area contributed by atoms with Gasteiger partial charge in [-0.05, 0) is 53.3 Å². The molecule has 70 valence electrons. The molecule has 1 N–H and O–H groups in total. The third-order valence-corrected chi connectivity index (χ3v) is 2.28. The zero-order chi connectivity index (χ0) is 9.84. The van der Waals surface area contributed by atoms with E-state index in [1.54, 1.807) is 0 Å². The summed E-state index contributed by atoms with van der Waals surface area (Å²) in [4.78, 5) is 10.9. The van der Waals surface area contributed by atoms with Crippen LogP contribution in [0.1, 0.15) is 5.56 Å². The van der Waals surface area contributed by atoms with Crippen molar-refractivity contribution >= 4 is 34.4 Å². The zero-order valence-electron chi connectivity index (χ0n) is 7.43. The summed E-state index contributed by atoms with van der Waals surface area (Å²) in [6.07, 6.45) is -0.440. The Hall–Kier alpha value is -0.780. The van der Waals surface area contributed by atoms with E-state index in [0.717, 1.165) is 14.8 Å². The number of hydrogen-bond donors (Lipinski definition) is 1. The van der Waals surface area contributed by atoms with Gasteiger partial charge in [0.15, 0.2) is 0 Å². The van der Waals surface area contributed by atoms with E-state index in [1.807, 2.05) is 25.1 Å². The maximum Gasteiger partial charge on any atom is 0.411 e. The lowest BCUT2D eigenvalue weighted by Crippen LogP contribution is -2.11. The molecule has 1 rings (SSSR count). The summed E-state index contributed by atoms with van der Waals surface area (Å²) in [5.41, 5.74) is 1.81.